The van der Waals surface area contributed by atoms with Gasteiger partial charge in [0.25, 0.3) is 5.91 Å². The molecule has 1 amide bonds. The van der Waals surface area contributed by atoms with Gasteiger partial charge in [0.05, 0.1) is 18.2 Å². The minimum absolute atomic E-state index is 0.0539. The van der Waals surface area contributed by atoms with E-state index in [2.05, 4.69) is 11.9 Å². The predicted molar refractivity (Wildman–Crippen MR) is 79.6 cm³/mol. The number of fused-ring (bicyclic) bond motifs is 1. The number of thiophene rings is 1. The molecule has 0 aliphatic rings. The topological polar surface area (TPSA) is 49.3 Å². The molecule has 0 saturated heterocycles. The van der Waals surface area contributed by atoms with Crippen molar-refractivity contribution in [2.75, 3.05) is 6.61 Å². The lowest BCUT2D eigenvalue weighted by Gasteiger charge is -2.15. The largest absolute Gasteiger partial charge is 0.394 e. The van der Waals surface area contributed by atoms with E-state index in [1.807, 2.05) is 29.6 Å². The fraction of sp³-hybridized carbons (Fsp3) is 0.267. The van der Waals surface area contributed by atoms with Crippen molar-refractivity contribution in [2.24, 2.45) is 0 Å². The van der Waals surface area contributed by atoms with Crippen LogP contribution < -0.4 is 5.32 Å². The molecule has 100 valence electrons. The monoisotopic (exact) mass is 275 g/mol. The standard InChI is InChI=1S/C15H17NO2S/c1-2-3-6-11(9-17)16-15(18)13-10-19-14-8-5-4-7-12(13)14/h2,4-5,7-8,10-11,17H,1,3,6,9H2,(H,16,18). The van der Waals surface area contributed by atoms with Crippen molar-refractivity contribution in [1.82, 2.24) is 5.32 Å². The predicted octanol–water partition coefficient (Wildman–Crippen LogP) is 2.96. The van der Waals surface area contributed by atoms with Gasteiger partial charge in [0.1, 0.15) is 0 Å². The molecule has 1 aromatic carbocycles. The van der Waals surface area contributed by atoms with Crippen LogP contribution in [0.25, 0.3) is 10.1 Å². The van der Waals surface area contributed by atoms with E-state index >= 15 is 0 Å². The third-order valence-corrected chi connectivity index (χ3v) is 3.96. The number of allylic oxidation sites excluding steroid dienone is 1. The molecule has 2 rings (SSSR count). The lowest BCUT2D eigenvalue weighted by Crippen LogP contribution is -2.37. The Morgan fingerprint density at radius 3 is 3.00 bits per heavy atom. The molecule has 0 spiro atoms. The van der Waals surface area contributed by atoms with Gasteiger partial charge in [-0.1, -0.05) is 24.3 Å². The van der Waals surface area contributed by atoms with E-state index in [0.29, 0.717) is 12.0 Å². The van der Waals surface area contributed by atoms with E-state index in [9.17, 15) is 9.90 Å². The maximum Gasteiger partial charge on any atom is 0.253 e. The molecule has 2 aromatic rings. The number of benzene rings is 1. The van der Waals surface area contributed by atoms with Crippen molar-refractivity contribution in [3.8, 4) is 0 Å². The molecule has 4 heteroatoms. The molecule has 19 heavy (non-hydrogen) atoms. The Hall–Kier alpha value is -1.65. The lowest BCUT2D eigenvalue weighted by atomic mass is 10.1. The van der Waals surface area contributed by atoms with Crippen molar-refractivity contribution in [2.45, 2.75) is 18.9 Å². The third kappa shape index (κ3) is 3.22. The zero-order chi connectivity index (χ0) is 13.7. The van der Waals surface area contributed by atoms with Crippen LogP contribution in [0.5, 0.6) is 0 Å². The van der Waals surface area contributed by atoms with Gasteiger partial charge in [-0.2, -0.15) is 0 Å². The summed E-state index contributed by atoms with van der Waals surface area (Å²) in [4.78, 5) is 12.2. The highest BCUT2D eigenvalue weighted by molar-refractivity contribution is 7.17. The zero-order valence-corrected chi connectivity index (χ0v) is 11.5. The van der Waals surface area contributed by atoms with Gasteiger partial charge in [0.15, 0.2) is 0 Å². The summed E-state index contributed by atoms with van der Waals surface area (Å²) in [5, 5.41) is 15.0. The normalized spacial score (nSPS) is 12.3. The van der Waals surface area contributed by atoms with Crippen molar-refractivity contribution >= 4 is 27.3 Å². The fourth-order valence-corrected chi connectivity index (χ4v) is 2.89. The van der Waals surface area contributed by atoms with Crippen molar-refractivity contribution in [3.05, 3.63) is 47.9 Å². The summed E-state index contributed by atoms with van der Waals surface area (Å²) in [6.45, 7) is 3.59. The lowest BCUT2D eigenvalue weighted by molar-refractivity contribution is 0.0915. The van der Waals surface area contributed by atoms with Crippen molar-refractivity contribution < 1.29 is 9.90 Å². The van der Waals surface area contributed by atoms with Gasteiger partial charge in [0, 0.05) is 15.5 Å². The number of carbonyl (C=O) groups is 1. The molecule has 1 unspecified atom stereocenters. The van der Waals surface area contributed by atoms with Crippen LogP contribution in [-0.2, 0) is 0 Å². The Labute approximate surface area is 116 Å². The first kappa shape index (κ1) is 13.8. The number of carbonyl (C=O) groups excluding carboxylic acids is 1. The van der Waals surface area contributed by atoms with Gasteiger partial charge in [-0.15, -0.1) is 17.9 Å². The van der Waals surface area contributed by atoms with Gasteiger partial charge in [-0.25, -0.2) is 0 Å². The molecular formula is C15H17NO2S. The number of aliphatic hydroxyl groups excluding tert-OH is 1. The van der Waals surface area contributed by atoms with Gasteiger partial charge in [-0.3, -0.25) is 4.79 Å². The summed E-state index contributed by atoms with van der Waals surface area (Å²) in [5.74, 6) is -0.124. The second kappa shape index (κ2) is 6.50. The minimum Gasteiger partial charge on any atom is -0.394 e. The van der Waals surface area contributed by atoms with Crippen LogP contribution in [0.1, 0.15) is 23.2 Å². The summed E-state index contributed by atoms with van der Waals surface area (Å²) in [6, 6.07) is 7.61. The molecule has 1 aromatic heterocycles. The number of hydrogen-bond acceptors (Lipinski definition) is 3. The van der Waals surface area contributed by atoms with E-state index in [0.717, 1.165) is 16.5 Å². The van der Waals surface area contributed by atoms with Crippen LogP contribution in [0.4, 0.5) is 0 Å². The summed E-state index contributed by atoms with van der Waals surface area (Å²) in [5.41, 5.74) is 0.678. The zero-order valence-electron chi connectivity index (χ0n) is 10.6. The molecule has 0 aliphatic heterocycles. The Kier molecular flexibility index (Phi) is 4.71. The van der Waals surface area contributed by atoms with Crippen LogP contribution in [0.15, 0.2) is 42.3 Å². The Morgan fingerprint density at radius 2 is 2.26 bits per heavy atom. The van der Waals surface area contributed by atoms with Gasteiger partial charge >= 0.3 is 0 Å². The fourth-order valence-electron chi connectivity index (χ4n) is 1.94. The van der Waals surface area contributed by atoms with E-state index in [1.54, 1.807) is 17.4 Å². The van der Waals surface area contributed by atoms with Gasteiger partial charge < -0.3 is 10.4 Å². The van der Waals surface area contributed by atoms with Crippen LogP contribution in [-0.4, -0.2) is 23.7 Å². The molecule has 3 nitrogen and oxygen atoms in total. The average molecular weight is 275 g/mol. The number of rotatable bonds is 6. The second-order valence-electron chi connectivity index (χ2n) is 4.36. The molecule has 0 saturated carbocycles. The molecule has 0 aliphatic carbocycles. The molecule has 1 atom stereocenters. The third-order valence-electron chi connectivity index (χ3n) is 3.00. The van der Waals surface area contributed by atoms with Crippen molar-refractivity contribution in [3.63, 3.8) is 0 Å². The average Bonchev–Trinajstić information content (AvgIpc) is 2.87. The molecule has 0 radical (unpaired) electrons. The quantitative estimate of drug-likeness (QED) is 0.796. The SMILES string of the molecule is C=CCCC(CO)NC(=O)c1csc2ccccc12. The first-order valence-corrected chi connectivity index (χ1v) is 7.13. The Morgan fingerprint density at radius 1 is 1.47 bits per heavy atom. The maximum absolute atomic E-state index is 12.2. The first-order chi connectivity index (χ1) is 9.26. The smallest absolute Gasteiger partial charge is 0.253 e. The summed E-state index contributed by atoms with van der Waals surface area (Å²) < 4.78 is 1.10. The van der Waals surface area contributed by atoms with Gasteiger partial charge in [-0.05, 0) is 18.9 Å². The van der Waals surface area contributed by atoms with Crippen LogP contribution >= 0.6 is 11.3 Å². The first-order valence-electron chi connectivity index (χ1n) is 6.25. The van der Waals surface area contributed by atoms with Crippen LogP contribution in [0, 0.1) is 0 Å². The maximum atomic E-state index is 12.2. The van der Waals surface area contributed by atoms with E-state index in [1.165, 1.54) is 0 Å². The molecular weight excluding hydrogens is 258 g/mol. The van der Waals surface area contributed by atoms with E-state index in [-0.39, 0.29) is 18.6 Å². The summed E-state index contributed by atoms with van der Waals surface area (Å²) in [7, 11) is 0. The molecule has 2 N–H and O–H groups in total. The minimum atomic E-state index is -0.218. The molecule has 0 bridgehead atoms. The van der Waals surface area contributed by atoms with Gasteiger partial charge in [0.2, 0.25) is 0 Å². The molecule has 0 fully saturated rings. The van der Waals surface area contributed by atoms with Crippen LogP contribution in [0.2, 0.25) is 0 Å². The number of aliphatic hydroxyl groups is 1. The number of hydrogen-bond donors (Lipinski definition) is 2. The highest BCUT2D eigenvalue weighted by Gasteiger charge is 2.15. The second-order valence-corrected chi connectivity index (χ2v) is 5.28. The van der Waals surface area contributed by atoms with E-state index in [4.69, 9.17) is 0 Å². The Balaban J connectivity index is 2.12. The highest BCUT2D eigenvalue weighted by Crippen LogP contribution is 2.25. The molecule has 1 heterocycles. The van der Waals surface area contributed by atoms with Crippen LogP contribution in [0.3, 0.4) is 0 Å². The summed E-state index contributed by atoms with van der Waals surface area (Å²) >= 11 is 1.56. The van der Waals surface area contributed by atoms with E-state index < -0.39 is 0 Å². The number of amides is 1. The summed E-state index contributed by atoms with van der Waals surface area (Å²) in [6.07, 6.45) is 3.26. The number of nitrogens with one attached hydrogen (secondary N) is 1. The van der Waals surface area contributed by atoms with Crippen molar-refractivity contribution in [1.29, 1.82) is 0 Å². The highest BCUT2D eigenvalue weighted by atomic mass is 32.1. The Bertz CT molecular complexity index is 576.